The molecule has 2 aromatic rings. The van der Waals surface area contributed by atoms with Crippen molar-refractivity contribution < 1.29 is 9.90 Å². The van der Waals surface area contributed by atoms with Crippen molar-refractivity contribution in [3.05, 3.63) is 65.0 Å². The molecule has 4 nitrogen and oxygen atoms in total. The van der Waals surface area contributed by atoms with Gasteiger partial charge in [-0.3, -0.25) is 0 Å². The van der Waals surface area contributed by atoms with E-state index in [4.69, 9.17) is 5.11 Å². The molecule has 1 aromatic heterocycles. The SMILES string of the molecule is O=C(O)c1ccc2c(n1)CC(CCc1ccccc1)NC2. The van der Waals surface area contributed by atoms with E-state index in [1.54, 1.807) is 6.07 Å². The number of pyridine rings is 1. The van der Waals surface area contributed by atoms with Crippen molar-refractivity contribution in [2.45, 2.75) is 31.8 Å². The molecule has 1 unspecified atom stereocenters. The Bertz CT molecular complexity index is 640. The van der Waals surface area contributed by atoms with Gasteiger partial charge >= 0.3 is 5.97 Å². The topological polar surface area (TPSA) is 62.2 Å². The van der Waals surface area contributed by atoms with E-state index in [0.29, 0.717) is 6.04 Å². The lowest BCUT2D eigenvalue weighted by Gasteiger charge is -2.25. The smallest absolute Gasteiger partial charge is 0.354 e. The maximum atomic E-state index is 11.0. The van der Waals surface area contributed by atoms with Crippen LogP contribution < -0.4 is 5.32 Å². The van der Waals surface area contributed by atoms with Gasteiger partial charge in [0.25, 0.3) is 0 Å². The van der Waals surface area contributed by atoms with Crippen molar-refractivity contribution in [1.82, 2.24) is 10.3 Å². The molecular weight excluding hydrogens is 264 g/mol. The molecule has 0 fully saturated rings. The van der Waals surface area contributed by atoms with Crippen molar-refractivity contribution in [3.63, 3.8) is 0 Å². The van der Waals surface area contributed by atoms with Gasteiger partial charge in [-0.25, -0.2) is 9.78 Å². The van der Waals surface area contributed by atoms with Gasteiger partial charge in [0.15, 0.2) is 0 Å². The standard InChI is InChI=1S/C17H18N2O2/c20-17(21)15-9-7-13-11-18-14(10-16(13)19-15)8-6-12-4-2-1-3-5-12/h1-5,7,9,14,18H,6,8,10-11H2,(H,20,21). The van der Waals surface area contributed by atoms with Crippen LogP contribution in [0.1, 0.15) is 33.7 Å². The molecule has 1 aliphatic heterocycles. The molecule has 0 amide bonds. The summed E-state index contributed by atoms with van der Waals surface area (Å²) in [5.74, 6) is -0.961. The number of nitrogens with zero attached hydrogens (tertiary/aromatic N) is 1. The van der Waals surface area contributed by atoms with Gasteiger partial charge in [-0.15, -0.1) is 0 Å². The Morgan fingerprint density at radius 2 is 2.05 bits per heavy atom. The number of aryl methyl sites for hydroxylation is 1. The highest BCUT2D eigenvalue weighted by atomic mass is 16.4. The van der Waals surface area contributed by atoms with Crippen LogP contribution in [0.2, 0.25) is 0 Å². The van der Waals surface area contributed by atoms with E-state index in [-0.39, 0.29) is 5.69 Å². The first-order valence-corrected chi connectivity index (χ1v) is 7.22. The molecule has 1 atom stereocenters. The third-order valence-electron chi connectivity index (χ3n) is 3.93. The number of nitrogens with one attached hydrogen (secondary N) is 1. The van der Waals surface area contributed by atoms with E-state index in [9.17, 15) is 4.79 Å². The second kappa shape index (κ2) is 6.06. The number of rotatable bonds is 4. The summed E-state index contributed by atoms with van der Waals surface area (Å²) in [5.41, 5.74) is 3.50. The maximum Gasteiger partial charge on any atom is 0.354 e. The summed E-state index contributed by atoms with van der Waals surface area (Å²) >= 11 is 0. The molecule has 0 aliphatic carbocycles. The van der Waals surface area contributed by atoms with Crippen LogP contribution in [0.5, 0.6) is 0 Å². The number of carbonyl (C=O) groups is 1. The lowest BCUT2D eigenvalue weighted by Crippen LogP contribution is -2.36. The molecule has 1 aromatic carbocycles. The third kappa shape index (κ3) is 3.28. The summed E-state index contributed by atoms with van der Waals surface area (Å²) in [7, 11) is 0. The van der Waals surface area contributed by atoms with Gasteiger partial charge in [-0.1, -0.05) is 36.4 Å². The van der Waals surface area contributed by atoms with E-state index in [1.165, 1.54) is 5.56 Å². The second-order valence-electron chi connectivity index (χ2n) is 5.41. The molecule has 0 saturated heterocycles. The molecule has 0 spiro atoms. The minimum atomic E-state index is -0.961. The zero-order valence-electron chi connectivity index (χ0n) is 11.7. The number of aromatic carboxylic acids is 1. The Morgan fingerprint density at radius 3 is 2.81 bits per heavy atom. The predicted molar refractivity (Wildman–Crippen MR) is 80.3 cm³/mol. The summed E-state index contributed by atoms with van der Waals surface area (Å²) in [6.07, 6.45) is 2.85. The highest BCUT2D eigenvalue weighted by Crippen LogP contribution is 2.18. The molecule has 0 bridgehead atoms. The molecular formula is C17H18N2O2. The van der Waals surface area contributed by atoms with Gasteiger partial charge < -0.3 is 10.4 Å². The average Bonchev–Trinajstić information content (AvgIpc) is 2.53. The van der Waals surface area contributed by atoms with E-state index < -0.39 is 5.97 Å². The highest BCUT2D eigenvalue weighted by Gasteiger charge is 2.20. The molecule has 0 radical (unpaired) electrons. The van der Waals surface area contributed by atoms with Gasteiger partial charge in [-0.05, 0) is 30.0 Å². The van der Waals surface area contributed by atoms with Crippen molar-refractivity contribution in [2.24, 2.45) is 0 Å². The molecule has 0 saturated carbocycles. The summed E-state index contributed by atoms with van der Waals surface area (Å²) in [4.78, 5) is 15.3. The quantitative estimate of drug-likeness (QED) is 0.904. The Balaban J connectivity index is 1.66. The largest absolute Gasteiger partial charge is 0.477 e. The fraction of sp³-hybridized carbons (Fsp3) is 0.294. The van der Waals surface area contributed by atoms with Crippen LogP contribution in [0.3, 0.4) is 0 Å². The first kappa shape index (κ1) is 13.8. The minimum absolute atomic E-state index is 0.137. The first-order valence-electron chi connectivity index (χ1n) is 7.22. The van der Waals surface area contributed by atoms with E-state index >= 15 is 0 Å². The number of hydrogen-bond donors (Lipinski definition) is 2. The first-order chi connectivity index (χ1) is 10.2. The number of benzene rings is 1. The van der Waals surface area contributed by atoms with Crippen LogP contribution in [0.15, 0.2) is 42.5 Å². The Labute approximate surface area is 123 Å². The summed E-state index contributed by atoms with van der Waals surface area (Å²) in [6, 6.07) is 14.2. The van der Waals surface area contributed by atoms with Crippen molar-refractivity contribution in [2.75, 3.05) is 0 Å². The van der Waals surface area contributed by atoms with Crippen molar-refractivity contribution >= 4 is 5.97 Å². The molecule has 2 N–H and O–H groups in total. The minimum Gasteiger partial charge on any atom is -0.477 e. The summed E-state index contributed by atoms with van der Waals surface area (Å²) in [6.45, 7) is 0.766. The third-order valence-corrected chi connectivity index (χ3v) is 3.93. The lowest BCUT2D eigenvalue weighted by molar-refractivity contribution is 0.0690. The van der Waals surface area contributed by atoms with Crippen LogP contribution in [0, 0.1) is 0 Å². The van der Waals surface area contributed by atoms with Crippen LogP contribution >= 0.6 is 0 Å². The number of carboxylic acids is 1. The van der Waals surface area contributed by atoms with Gasteiger partial charge in [-0.2, -0.15) is 0 Å². The molecule has 4 heteroatoms. The van der Waals surface area contributed by atoms with Crippen molar-refractivity contribution in [3.8, 4) is 0 Å². The van der Waals surface area contributed by atoms with Crippen LogP contribution in [0.25, 0.3) is 0 Å². The van der Waals surface area contributed by atoms with Crippen molar-refractivity contribution in [1.29, 1.82) is 0 Å². The average molecular weight is 282 g/mol. The molecule has 1 aliphatic rings. The van der Waals surface area contributed by atoms with E-state index in [1.807, 2.05) is 12.1 Å². The zero-order chi connectivity index (χ0) is 14.7. The normalized spacial score (nSPS) is 17.2. The van der Waals surface area contributed by atoms with Crippen LogP contribution in [-0.2, 0) is 19.4 Å². The lowest BCUT2D eigenvalue weighted by atomic mass is 9.95. The summed E-state index contributed by atoms with van der Waals surface area (Å²) < 4.78 is 0. The fourth-order valence-corrected chi connectivity index (χ4v) is 2.74. The number of aromatic nitrogens is 1. The molecule has 21 heavy (non-hydrogen) atoms. The van der Waals surface area contributed by atoms with Gasteiger partial charge in [0.2, 0.25) is 0 Å². The monoisotopic (exact) mass is 282 g/mol. The number of hydrogen-bond acceptors (Lipinski definition) is 3. The predicted octanol–water partition coefficient (Wildman–Crippen LogP) is 2.43. The Kier molecular flexibility index (Phi) is 3.97. The molecule has 3 rings (SSSR count). The molecule has 2 heterocycles. The second-order valence-corrected chi connectivity index (χ2v) is 5.41. The number of fused-ring (bicyclic) bond motifs is 1. The number of carboxylic acid groups (broad SMARTS) is 1. The Hall–Kier alpha value is -2.20. The van der Waals surface area contributed by atoms with Crippen LogP contribution in [0.4, 0.5) is 0 Å². The van der Waals surface area contributed by atoms with Crippen LogP contribution in [-0.4, -0.2) is 22.1 Å². The van der Waals surface area contributed by atoms with E-state index in [2.05, 4.69) is 34.6 Å². The highest BCUT2D eigenvalue weighted by molar-refractivity contribution is 5.85. The maximum absolute atomic E-state index is 11.0. The van der Waals surface area contributed by atoms with E-state index in [0.717, 1.165) is 37.1 Å². The Morgan fingerprint density at radius 1 is 1.24 bits per heavy atom. The fourth-order valence-electron chi connectivity index (χ4n) is 2.74. The van der Waals surface area contributed by atoms with Gasteiger partial charge in [0.05, 0.1) is 0 Å². The zero-order valence-corrected chi connectivity index (χ0v) is 11.7. The summed E-state index contributed by atoms with van der Waals surface area (Å²) in [5, 5.41) is 12.5. The van der Waals surface area contributed by atoms with Gasteiger partial charge in [0.1, 0.15) is 5.69 Å². The van der Waals surface area contributed by atoms with Gasteiger partial charge in [0, 0.05) is 24.7 Å². The molecule has 108 valence electrons.